The van der Waals surface area contributed by atoms with Gasteiger partial charge in [0.2, 0.25) is 0 Å². The summed E-state index contributed by atoms with van der Waals surface area (Å²) in [6.07, 6.45) is 1.62. The van der Waals surface area contributed by atoms with E-state index < -0.39 is 11.6 Å². The fourth-order valence-corrected chi connectivity index (χ4v) is 1.42. The van der Waals surface area contributed by atoms with Crippen LogP contribution in [0.1, 0.15) is 5.69 Å². The highest BCUT2D eigenvalue weighted by Crippen LogP contribution is 2.23. The number of hydrogen-bond donors (Lipinski definition) is 0. The second kappa shape index (κ2) is 3.46. The van der Waals surface area contributed by atoms with Crippen LogP contribution in [0, 0.1) is 18.6 Å². The minimum atomic E-state index is -0.855. The molecule has 0 bridgehead atoms. The Morgan fingerprint density at radius 1 is 1.27 bits per heavy atom. The van der Waals surface area contributed by atoms with Gasteiger partial charge in [-0.2, -0.15) is 0 Å². The summed E-state index contributed by atoms with van der Waals surface area (Å²) in [5, 5.41) is 0. The molecule has 0 unspecified atom stereocenters. The van der Waals surface area contributed by atoms with Crippen molar-refractivity contribution in [3.8, 4) is 11.4 Å². The molecule has 15 heavy (non-hydrogen) atoms. The number of benzene rings is 1. The zero-order chi connectivity index (χ0) is 11.0. The van der Waals surface area contributed by atoms with Crippen molar-refractivity contribution in [2.24, 2.45) is 7.05 Å². The molecule has 0 saturated heterocycles. The van der Waals surface area contributed by atoms with Gasteiger partial charge in [0.1, 0.15) is 5.82 Å². The van der Waals surface area contributed by atoms with E-state index in [1.54, 1.807) is 17.8 Å². The van der Waals surface area contributed by atoms with E-state index in [1.165, 1.54) is 12.1 Å². The third kappa shape index (κ3) is 1.52. The molecule has 0 atom stereocenters. The lowest BCUT2D eigenvalue weighted by atomic mass is 10.2. The molecule has 0 spiro atoms. The Hall–Kier alpha value is -1.71. The van der Waals surface area contributed by atoms with Crippen molar-refractivity contribution in [2.75, 3.05) is 0 Å². The number of imidazole rings is 1. The average molecular weight is 208 g/mol. The van der Waals surface area contributed by atoms with E-state index in [4.69, 9.17) is 0 Å². The van der Waals surface area contributed by atoms with Crippen LogP contribution in [0.5, 0.6) is 0 Å². The normalized spacial score (nSPS) is 10.7. The summed E-state index contributed by atoms with van der Waals surface area (Å²) in [6, 6.07) is 4.08. The Bertz CT molecular complexity index is 503. The maximum atomic E-state index is 13.4. The monoisotopic (exact) mass is 208 g/mol. The number of hydrogen-bond acceptors (Lipinski definition) is 1. The van der Waals surface area contributed by atoms with Crippen LogP contribution in [-0.2, 0) is 7.05 Å². The van der Waals surface area contributed by atoms with Gasteiger partial charge in [0, 0.05) is 18.9 Å². The molecule has 0 saturated carbocycles. The van der Waals surface area contributed by atoms with Crippen LogP contribution in [-0.4, -0.2) is 9.55 Å². The molecule has 1 aromatic carbocycles. The highest BCUT2D eigenvalue weighted by Gasteiger charge is 2.13. The third-order valence-electron chi connectivity index (χ3n) is 2.41. The molecule has 0 aliphatic heterocycles. The molecule has 0 amide bonds. The Labute approximate surface area is 86.2 Å². The minimum Gasteiger partial charge on any atom is -0.331 e. The molecule has 78 valence electrons. The van der Waals surface area contributed by atoms with Gasteiger partial charge in [-0.15, -0.1) is 0 Å². The van der Waals surface area contributed by atoms with Gasteiger partial charge in [0.05, 0.1) is 5.56 Å². The zero-order valence-electron chi connectivity index (χ0n) is 8.46. The summed E-state index contributed by atoms with van der Waals surface area (Å²) in [5.74, 6) is -1.27. The van der Waals surface area contributed by atoms with Crippen molar-refractivity contribution in [1.82, 2.24) is 9.55 Å². The summed E-state index contributed by atoms with van der Waals surface area (Å²) in [7, 11) is 1.77. The fourth-order valence-electron chi connectivity index (χ4n) is 1.42. The number of halogens is 2. The van der Waals surface area contributed by atoms with E-state index in [-0.39, 0.29) is 5.56 Å². The van der Waals surface area contributed by atoms with Gasteiger partial charge < -0.3 is 4.57 Å². The molecule has 0 radical (unpaired) electrons. The molecule has 1 aromatic heterocycles. The van der Waals surface area contributed by atoms with Crippen LogP contribution in [0.15, 0.2) is 24.4 Å². The lowest BCUT2D eigenvalue weighted by molar-refractivity contribution is 0.510. The van der Waals surface area contributed by atoms with E-state index in [2.05, 4.69) is 4.98 Å². The highest BCUT2D eigenvalue weighted by molar-refractivity contribution is 5.57. The molecule has 2 nitrogen and oxygen atoms in total. The summed E-state index contributed by atoms with van der Waals surface area (Å²) in [6.45, 7) is 1.85. The van der Waals surface area contributed by atoms with Crippen LogP contribution in [0.4, 0.5) is 8.78 Å². The standard InChI is InChI=1S/C11H10F2N2/c1-7-6-14-11(15(7)2)8-4-3-5-9(12)10(8)13/h3-6H,1-2H3. The Kier molecular flexibility index (Phi) is 2.26. The molecule has 2 aromatic rings. The molecule has 2 rings (SSSR count). The summed E-state index contributed by atoms with van der Waals surface area (Å²) in [4.78, 5) is 4.04. The van der Waals surface area contributed by atoms with Crippen molar-refractivity contribution >= 4 is 0 Å². The van der Waals surface area contributed by atoms with E-state index in [0.717, 1.165) is 11.8 Å². The first-order valence-electron chi connectivity index (χ1n) is 4.54. The van der Waals surface area contributed by atoms with E-state index in [9.17, 15) is 8.78 Å². The van der Waals surface area contributed by atoms with Gasteiger partial charge in [0.25, 0.3) is 0 Å². The average Bonchev–Trinajstić information content (AvgIpc) is 2.53. The molecule has 4 heteroatoms. The first-order chi connectivity index (χ1) is 7.11. The maximum absolute atomic E-state index is 13.4. The Morgan fingerprint density at radius 3 is 2.60 bits per heavy atom. The molecule has 0 aliphatic carbocycles. The lowest BCUT2D eigenvalue weighted by Crippen LogP contribution is -1.98. The van der Waals surface area contributed by atoms with Crippen molar-refractivity contribution in [1.29, 1.82) is 0 Å². The first-order valence-corrected chi connectivity index (χ1v) is 4.54. The summed E-state index contributed by atoms with van der Waals surface area (Å²) < 4.78 is 28.2. The van der Waals surface area contributed by atoms with Crippen molar-refractivity contribution in [2.45, 2.75) is 6.92 Å². The van der Waals surface area contributed by atoms with Crippen LogP contribution in [0.3, 0.4) is 0 Å². The second-order valence-electron chi connectivity index (χ2n) is 3.38. The van der Waals surface area contributed by atoms with E-state index >= 15 is 0 Å². The van der Waals surface area contributed by atoms with E-state index in [1.807, 2.05) is 6.92 Å². The van der Waals surface area contributed by atoms with Crippen LogP contribution >= 0.6 is 0 Å². The zero-order valence-corrected chi connectivity index (χ0v) is 8.46. The predicted octanol–water partition coefficient (Wildman–Crippen LogP) is 2.67. The largest absolute Gasteiger partial charge is 0.331 e. The van der Waals surface area contributed by atoms with Crippen LogP contribution < -0.4 is 0 Å². The van der Waals surface area contributed by atoms with E-state index in [0.29, 0.717) is 5.82 Å². The fraction of sp³-hybridized carbons (Fsp3) is 0.182. The number of nitrogens with zero attached hydrogens (tertiary/aromatic N) is 2. The SMILES string of the molecule is Cc1cnc(-c2cccc(F)c2F)n1C. The van der Waals surface area contributed by atoms with Gasteiger partial charge in [-0.25, -0.2) is 13.8 Å². The highest BCUT2D eigenvalue weighted by atomic mass is 19.2. The molecule has 1 heterocycles. The smallest absolute Gasteiger partial charge is 0.169 e. The lowest BCUT2D eigenvalue weighted by Gasteiger charge is -2.04. The predicted molar refractivity (Wildman–Crippen MR) is 53.3 cm³/mol. The molecule has 0 aliphatic rings. The van der Waals surface area contributed by atoms with Gasteiger partial charge >= 0.3 is 0 Å². The van der Waals surface area contributed by atoms with Gasteiger partial charge in [-0.3, -0.25) is 0 Å². The molecular formula is C11H10F2N2. The van der Waals surface area contributed by atoms with Crippen molar-refractivity contribution in [3.63, 3.8) is 0 Å². The molecule has 0 N–H and O–H groups in total. The van der Waals surface area contributed by atoms with Gasteiger partial charge in [-0.1, -0.05) is 6.07 Å². The number of aryl methyl sites for hydroxylation is 1. The quantitative estimate of drug-likeness (QED) is 0.704. The Balaban J connectivity index is 2.64. The van der Waals surface area contributed by atoms with Crippen LogP contribution in [0.25, 0.3) is 11.4 Å². The second-order valence-corrected chi connectivity index (χ2v) is 3.38. The third-order valence-corrected chi connectivity index (χ3v) is 2.41. The minimum absolute atomic E-state index is 0.186. The molecular weight excluding hydrogens is 198 g/mol. The van der Waals surface area contributed by atoms with Gasteiger partial charge in [-0.05, 0) is 19.1 Å². The van der Waals surface area contributed by atoms with Crippen LogP contribution in [0.2, 0.25) is 0 Å². The molecule has 0 fully saturated rings. The summed E-state index contributed by atoms with van der Waals surface area (Å²) in [5.41, 5.74) is 1.08. The summed E-state index contributed by atoms with van der Waals surface area (Å²) >= 11 is 0. The first kappa shape index (κ1) is 9.83. The Morgan fingerprint density at radius 2 is 2.00 bits per heavy atom. The van der Waals surface area contributed by atoms with Crippen molar-refractivity contribution < 1.29 is 8.78 Å². The topological polar surface area (TPSA) is 17.8 Å². The maximum Gasteiger partial charge on any atom is 0.169 e. The number of aromatic nitrogens is 2. The van der Waals surface area contributed by atoms with Gasteiger partial charge in [0.15, 0.2) is 11.6 Å². The van der Waals surface area contributed by atoms with Crippen molar-refractivity contribution in [3.05, 3.63) is 41.7 Å². The number of rotatable bonds is 1.